The monoisotopic (exact) mass is 315 g/mol. The molecule has 8 nitrogen and oxygen atoms in total. The molecule has 6 N–H and O–H groups in total. The van der Waals surface area contributed by atoms with Crippen molar-refractivity contribution in [3.63, 3.8) is 0 Å². The van der Waals surface area contributed by atoms with E-state index in [1.54, 1.807) is 0 Å². The lowest BCUT2D eigenvalue weighted by Crippen LogP contribution is -2.61. The van der Waals surface area contributed by atoms with Crippen LogP contribution in [0.15, 0.2) is 24.3 Å². The van der Waals surface area contributed by atoms with Crippen LogP contribution in [-0.4, -0.2) is 70.9 Å². The second-order valence-electron chi connectivity index (χ2n) is 4.94. The van der Waals surface area contributed by atoms with Gasteiger partial charge in [-0.25, -0.2) is 0 Å². The summed E-state index contributed by atoms with van der Waals surface area (Å²) in [4.78, 5) is 0. The summed E-state index contributed by atoms with van der Waals surface area (Å²) in [5.74, 6) is 0.430. The van der Waals surface area contributed by atoms with Crippen LogP contribution in [0.1, 0.15) is 0 Å². The summed E-state index contributed by atoms with van der Waals surface area (Å²) in [5, 5.41) is 38.9. The van der Waals surface area contributed by atoms with E-state index >= 15 is 0 Å². The second-order valence-corrected chi connectivity index (χ2v) is 4.94. The Morgan fingerprint density at radius 3 is 2.41 bits per heavy atom. The van der Waals surface area contributed by atoms with E-state index in [0.29, 0.717) is 5.75 Å². The van der Waals surface area contributed by atoms with Gasteiger partial charge in [0.1, 0.15) is 29.8 Å². The van der Waals surface area contributed by atoms with Crippen LogP contribution in [0.3, 0.4) is 0 Å². The smallest absolute Gasteiger partial charge is 0.186 e. The number of aliphatic hydroxyl groups is 3. The van der Waals surface area contributed by atoms with Crippen LogP contribution in [0.2, 0.25) is 0 Å². The highest BCUT2D eigenvalue weighted by atomic mass is 16.7. The van der Waals surface area contributed by atoms with E-state index in [1.165, 1.54) is 24.3 Å². The number of hydrogen-bond donors (Lipinski definition) is 5. The molecular weight excluding hydrogens is 294 g/mol. The predicted octanol–water partition coefficient (Wildman–Crippen LogP) is -1.45. The van der Waals surface area contributed by atoms with E-state index < -0.39 is 37.3 Å². The molecule has 1 heterocycles. The van der Waals surface area contributed by atoms with Gasteiger partial charge in [-0.15, -0.1) is 0 Å². The van der Waals surface area contributed by atoms with Gasteiger partial charge >= 0.3 is 0 Å². The van der Waals surface area contributed by atoms with Crippen molar-refractivity contribution in [2.24, 2.45) is 5.73 Å². The third-order valence-electron chi connectivity index (χ3n) is 3.33. The Bertz CT molecular complexity index is 453. The average Bonchev–Trinajstić information content (AvgIpc) is 2.53. The number of rotatable bonds is 6. The highest BCUT2D eigenvalue weighted by Crippen LogP contribution is 2.27. The van der Waals surface area contributed by atoms with Crippen molar-refractivity contribution in [2.45, 2.75) is 30.7 Å². The molecule has 1 aliphatic heterocycles. The molecule has 0 radical (unpaired) electrons. The fraction of sp³-hybridized carbons (Fsp3) is 0.571. The maximum atomic E-state index is 10.2. The molecule has 0 saturated carbocycles. The highest BCUT2D eigenvalue weighted by Gasteiger charge is 2.46. The Morgan fingerprint density at radius 1 is 1.14 bits per heavy atom. The van der Waals surface area contributed by atoms with Crippen LogP contribution in [0.25, 0.3) is 0 Å². The van der Waals surface area contributed by atoms with Crippen molar-refractivity contribution >= 4 is 0 Å². The van der Waals surface area contributed by atoms with E-state index in [1.807, 2.05) is 0 Å². The minimum atomic E-state index is -1.34. The molecule has 0 bridgehead atoms. The van der Waals surface area contributed by atoms with E-state index in [4.69, 9.17) is 19.9 Å². The molecule has 1 aliphatic rings. The fourth-order valence-electron chi connectivity index (χ4n) is 2.20. The Balaban J connectivity index is 2.07. The van der Waals surface area contributed by atoms with Crippen LogP contribution in [0.5, 0.6) is 11.5 Å². The van der Waals surface area contributed by atoms with Crippen molar-refractivity contribution in [1.29, 1.82) is 0 Å². The third kappa shape index (κ3) is 3.86. The van der Waals surface area contributed by atoms with Crippen LogP contribution < -0.4 is 10.5 Å². The Hall–Kier alpha value is -1.42. The molecule has 1 aromatic rings. The van der Waals surface area contributed by atoms with Crippen molar-refractivity contribution in [3.8, 4) is 11.5 Å². The quantitative estimate of drug-likeness (QED) is 0.430. The summed E-state index contributed by atoms with van der Waals surface area (Å²) >= 11 is 0. The molecule has 0 aliphatic carbocycles. The van der Waals surface area contributed by atoms with E-state index in [-0.39, 0.29) is 18.9 Å². The van der Waals surface area contributed by atoms with Crippen molar-refractivity contribution in [1.82, 2.24) is 0 Å². The van der Waals surface area contributed by atoms with Crippen LogP contribution >= 0.6 is 0 Å². The van der Waals surface area contributed by atoms with Crippen molar-refractivity contribution in [2.75, 3.05) is 19.8 Å². The van der Waals surface area contributed by atoms with E-state index in [2.05, 4.69) is 0 Å². The van der Waals surface area contributed by atoms with Gasteiger partial charge < -0.3 is 40.4 Å². The Morgan fingerprint density at radius 2 is 1.82 bits per heavy atom. The number of aromatic hydroxyl groups is 1. The van der Waals surface area contributed by atoms with Crippen LogP contribution in [-0.2, 0) is 9.47 Å². The molecule has 124 valence electrons. The van der Waals surface area contributed by atoms with Gasteiger partial charge in [-0.2, -0.15) is 0 Å². The zero-order valence-corrected chi connectivity index (χ0v) is 11.9. The molecule has 0 spiro atoms. The van der Waals surface area contributed by atoms with Gasteiger partial charge in [-0.1, -0.05) is 0 Å². The van der Waals surface area contributed by atoms with Gasteiger partial charge in [0.25, 0.3) is 0 Å². The lowest BCUT2D eigenvalue weighted by atomic mass is 9.99. The molecule has 5 atom stereocenters. The summed E-state index contributed by atoms with van der Waals surface area (Å²) < 4.78 is 16.2. The zero-order chi connectivity index (χ0) is 16.1. The molecule has 5 unspecified atom stereocenters. The van der Waals surface area contributed by atoms with Gasteiger partial charge in [-0.05, 0) is 24.3 Å². The molecule has 1 fully saturated rings. The van der Waals surface area contributed by atoms with Gasteiger partial charge in [0.05, 0.1) is 13.2 Å². The Kier molecular flexibility index (Phi) is 5.95. The second kappa shape index (κ2) is 7.73. The first-order chi connectivity index (χ1) is 10.6. The molecule has 1 aromatic carbocycles. The third-order valence-corrected chi connectivity index (χ3v) is 3.33. The van der Waals surface area contributed by atoms with Gasteiger partial charge in [-0.3, -0.25) is 0 Å². The zero-order valence-electron chi connectivity index (χ0n) is 11.9. The Labute approximate surface area is 127 Å². The molecule has 0 aromatic heterocycles. The summed E-state index contributed by atoms with van der Waals surface area (Å²) in [7, 11) is 0. The standard InChI is InChI=1S/C14H21NO7/c15-5-6-20-14-12(19)11(18)13(10(7-16)22-14)21-9-3-1-8(17)2-4-9/h1-4,10-14,16-19H,5-7,15H2. The summed E-state index contributed by atoms with van der Waals surface area (Å²) in [6, 6.07) is 5.84. The number of hydrogen-bond acceptors (Lipinski definition) is 8. The summed E-state index contributed by atoms with van der Waals surface area (Å²) in [6.45, 7) is -0.0367. The lowest BCUT2D eigenvalue weighted by Gasteiger charge is -2.41. The van der Waals surface area contributed by atoms with Gasteiger partial charge in [0.15, 0.2) is 12.4 Å². The number of phenols is 1. The van der Waals surface area contributed by atoms with Crippen LogP contribution in [0, 0.1) is 0 Å². The minimum absolute atomic E-state index is 0.0711. The fourth-order valence-corrected chi connectivity index (χ4v) is 2.20. The minimum Gasteiger partial charge on any atom is -0.508 e. The first-order valence-electron chi connectivity index (χ1n) is 6.96. The molecule has 0 amide bonds. The summed E-state index contributed by atoms with van der Waals surface area (Å²) in [5.41, 5.74) is 5.32. The predicted molar refractivity (Wildman–Crippen MR) is 75.3 cm³/mol. The number of benzene rings is 1. The van der Waals surface area contributed by atoms with E-state index in [9.17, 15) is 20.4 Å². The molecular formula is C14H21NO7. The van der Waals surface area contributed by atoms with Crippen molar-refractivity contribution in [3.05, 3.63) is 24.3 Å². The average molecular weight is 315 g/mol. The summed E-state index contributed by atoms with van der Waals surface area (Å²) in [6.07, 6.45) is -5.61. The topological polar surface area (TPSA) is 135 Å². The highest BCUT2D eigenvalue weighted by molar-refractivity contribution is 5.30. The number of nitrogens with two attached hydrogens (primary N) is 1. The van der Waals surface area contributed by atoms with Crippen LogP contribution in [0.4, 0.5) is 0 Å². The first-order valence-corrected chi connectivity index (χ1v) is 6.96. The SMILES string of the molecule is NCCOC1OC(CO)C(Oc2ccc(O)cc2)C(O)C1O. The number of phenolic OH excluding ortho intramolecular Hbond substituents is 1. The number of ether oxygens (including phenoxy) is 3. The molecule has 8 heteroatoms. The van der Waals surface area contributed by atoms with Gasteiger partial charge in [0.2, 0.25) is 0 Å². The largest absolute Gasteiger partial charge is 0.508 e. The molecule has 1 saturated heterocycles. The van der Waals surface area contributed by atoms with Crippen molar-refractivity contribution < 1.29 is 34.6 Å². The lowest BCUT2D eigenvalue weighted by molar-refractivity contribution is -0.296. The van der Waals surface area contributed by atoms with E-state index in [0.717, 1.165) is 0 Å². The van der Waals surface area contributed by atoms with Gasteiger partial charge in [0, 0.05) is 6.54 Å². The molecule has 22 heavy (non-hydrogen) atoms. The number of aliphatic hydroxyl groups excluding tert-OH is 3. The maximum Gasteiger partial charge on any atom is 0.186 e. The maximum absolute atomic E-state index is 10.2. The molecule has 2 rings (SSSR count). The normalized spacial score (nSPS) is 31.9. The first kappa shape index (κ1) is 16.9.